The van der Waals surface area contributed by atoms with Gasteiger partial charge in [0.2, 0.25) is 0 Å². The maximum atomic E-state index is 10.1. The summed E-state index contributed by atoms with van der Waals surface area (Å²) in [5.41, 5.74) is 2.99. The van der Waals surface area contributed by atoms with Crippen molar-refractivity contribution < 1.29 is 5.11 Å². The van der Waals surface area contributed by atoms with Crippen LogP contribution in [-0.2, 0) is 5.41 Å². The molecule has 2 unspecified atom stereocenters. The third-order valence-electron chi connectivity index (χ3n) is 6.77. The molecule has 1 aliphatic carbocycles. The van der Waals surface area contributed by atoms with Gasteiger partial charge in [0.15, 0.2) is 0 Å². The summed E-state index contributed by atoms with van der Waals surface area (Å²) >= 11 is 0. The van der Waals surface area contributed by atoms with Gasteiger partial charge in [-0.15, -0.1) is 0 Å². The second-order valence-electron chi connectivity index (χ2n) is 8.14. The highest BCUT2D eigenvalue weighted by Crippen LogP contribution is 2.49. The zero-order chi connectivity index (χ0) is 16.0. The molecule has 0 spiro atoms. The molecule has 1 aromatic rings. The molecule has 1 saturated carbocycles. The quantitative estimate of drug-likeness (QED) is 0.900. The van der Waals surface area contributed by atoms with E-state index in [0.717, 1.165) is 19.0 Å². The van der Waals surface area contributed by atoms with Crippen molar-refractivity contribution in [2.75, 3.05) is 26.2 Å². The predicted octanol–water partition coefficient (Wildman–Crippen LogP) is 3.05. The minimum Gasteiger partial charge on any atom is -0.508 e. The Bertz CT molecular complexity index is 583. The van der Waals surface area contributed by atoms with E-state index < -0.39 is 0 Å². The van der Waals surface area contributed by atoms with Crippen molar-refractivity contribution in [1.82, 2.24) is 10.2 Å². The van der Waals surface area contributed by atoms with Crippen LogP contribution in [0, 0.1) is 18.8 Å². The van der Waals surface area contributed by atoms with Crippen LogP contribution < -0.4 is 5.32 Å². The molecule has 0 radical (unpaired) electrons. The molecule has 3 atom stereocenters. The largest absolute Gasteiger partial charge is 0.508 e. The predicted molar refractivity (Wildman–Crippen MR) is 93.9 cm³/mol. The zero-order valence-corrected chi connectivity index (χ0v) is 14.5. The third kappa shape index (κ3) is 2.68. The number of nitrogens with one attached hydrogen (secondary N) is 1. The van der Waals surface area contributed by atoms with Crippen LogP contribution in [0.2, 0.25) is 0 Å². The summed E-state index contributed by atoms with van der Waals surface area (Å²) in [6.07, 6.45) is 5.30. The first kappa shape index (κ1) is 15.5. The van der Waals surface area contributed by atoms with Crippen LogP contribution in [0.3, 0.4) is 0 Å². The van der Waals surface area contributed by atoms with E-state index in [1.54, 1.807) is 0 Å². The third-order valence-corrected chi connectivity index (χ3v) is 6.77. The summed E-state index contributed by atoms with van der Waals surface area (Å²) in [6, 6.07) is 6.60. The van der Waals surface area contributed by atoms with Gasteiger partial charge in [-0.25, -0.2) is 0 Å². The van der Waals surface area contributed by atoms with E-state index in [9.17, 15) is 5.11 Å². The van der Waals surface area contributed by atoms with Crippen LogP contribution in [-0.4, -0.2) is 42.2 Å². The Balaban J connectivity index is 1.68. The number of nitrogens with zero attached hydrogens (tertiary/aromatic N) is 1. The molecule has 2 heterocycles. The van der Waals surface area contributed by atoms with Crippen molar-refractivity contribution in [2.24, 2.45) is 11.8 Å². The van der Waals surface area contributed by atoms with E-state index in [1.165, 1.54) is 49.9 Å². The summed E-state index contributed by atoms with van der Waals surface area (Å²) in [7, 11) is 0. The topological polar surface area (TPSA) is 35.5 Å². The standard InChI is InChI=1S/C20H30N2O/c1-14-3-6-17(23)11-18(14)20-7-9-21-12-19(20)15(2)22(10-8-20)13-16-4-5-16/h3,6,11,15-16,19,21,23H,4-5,7-10,12-13H2,1-2H3/t15?,19-,20?/m0/s1. The Morgan fingerprint density at radius 3 is 2.91 bits per heavy atom. The van der Waals surface area contributed by atoms with Crippen molar-refractivity contribution in [3.05, 3.63) is 29.3 Å². The smallest absolute Gasteiger partial charge is 0.115 e. The lowest BCUT2D eigenvalue weighted by atomic mass is 9.59. The number of likely N-dealkylation sites (tertiary alicyclic amines) is 1. The number of phenols is 1. The highest BCUT2D eigenvalue weighted by molar-refractivity contribution is 5.41. The number of fused-ring (bicyclic) bond motifs is 1. The molecule has 0 aromatic heterocycles. The molecule has 0 amide bonds. The van der Waals surface area contributed by atoms with Crippen molar-refractivity contribution in [2.45, 2.75) is 51.0 Å². The summed E-state index contributed by atoms with van der Waals surface area (Å²) in [5.74, 6) is 2.03. The number of aromatic hydroxyl groups is 1. The van der Waals surface area contributed by atoms with Gasteiger partial charge in [-0.1, -0.05) is 6.07 Å². The number of aryl methyl sites for hydroxylation is 1. The molecule has 126 valence electrons. The van der Waals surface area contributed by atoms with E-state index in [1.807, 2.05) is 6.07 Å². The van der Waals surface area contributed by atoms with Gasteiger partial charge >= 0.3 is 0 Å². The SMILES string of the molecule is Cc1ccc(O)cc1C12CCNC[C@H]1C(C)N(CC1CC1)CC2. The van der Waals surface area contributed by atoms with Gasteiger partial charge in [-0.05, 0) is 87.7 Å². The number of phenolic OH excluding ortho intramolecular Hbond substituents is 1. The first-order chi connectivity index (χ1) is 11.1. The molecule has 3 aliphatic rings. The molecule has 2 N–H and O–H groups in total. The number of hydrogen-bond acceptors (Lipinski definition) is 3. The van der Waals surface area contributed by atoms with Crippen LogP contribution >= 0.6 is 0 Å². The Labute approximate surface area is 140 Å². The fourth-order valence-corrected chi connectivity index (χ4v) is 5.20. The van der Waals surface area contributed by atoms with E-state index in [-0.39, 0.29) is 5.41 Å². The van der Waals surface area contributed by atoms with Gasteiger partial charge < -0.3 is 10.4 Å². The number of hydrogen-bond donors (Lipinski definition) is 2. The Hall–Kier alpha value is -1.06. The fraction of sp³-hybridized carbons (Fsp3) is 0.700. The number of benzene rings is 1. The fourth-order valence-electron chi connectivity index (χ4n) is 5.20. The minimum atomic E-state index is 0.244. The number of piperidine rings is 2. The second-order valence-corrected chi connectivity index (χ2v) is 8.14. The Kier molecular flexibility index (Phi) is 3.89. The van der Waals surface area contributed by atoms with Crippen molar-refractivity contribution in [1.29, 1.82) is 0 Å². The molecule has 3 nitrogen and oxygen atoms in total. The lowest BCUT2D eigenvalue weighted by Gasteiger charge is -2.55. The summed E-state index contributed by atoms with van der Waals surface area (Å²) in [5, 5.41) is 13.7. The maximum Gasteiger partial charge on any atom is 0.115 e. The van der Waals surface area contributed by atoms with Crippen LogP contribution in [0.25, 0.3) is 0 Å². The first-order valence-electron chi connectivity index (χ1n) is 9.35. The van der Waals surface area contributed by atoms with Gasteiger partial charge in [0.05, 0.1) is 0 Å². The normalized spacial score (nSPS) is 35.0. The molecule has 2 saturated heterocycles. The Morgan fingerprint density at radius 1 is 1.30 bits per heavy atom. The molecule has 4 rings (SSSR count). The van der Waals surface area contributed by atoms with Gasteiger partial charge in [-0.2, -0.15) is 0 Å². The summed E-state index contributed by atoms with van der Waals surface area (Å²) in [4.78, 5) is 2.74. The van der Waals surface area contributed by atoms with E-state index in [0.29, 0.717) is 17.7 Å². The highest BCUT2D eigenvalue weighted by atomic mass is 16.3. The highest BCUT2D eigenvalue weighted by Gasteiger charge is 2.50. The lowest BCUT2D eigenvalue weighted by Crippen LogP contribution is -2.61. The van der Waals surface area contributed by atoms with Gasteiger partial charge in [0.1, 0.15) is 5.75 Å². The monoisotopic (exact) mass is 314 g/mol. The van der Waals surface area contributed by atoms with Gasteiger partial charge in [0, 0.05) is 24.5 Å². The number of rotatable bonds is 3. The molecule has 3 heteroatoms. The van der Waals surface area contributed by atoms with Crippen molar-refractivity contribution >= 4 is 0 Å². The molecule has 1 aromatic carbocycles. The van der Waals surface area contributed by atoms with Crippen LogP contribution in [0.5, 0.6) is 5.75 Å². The lowest BCUT2D eigenvalue weighted by molar-refractivity contribution is 0.0136. The molecule has 23 heavy (non-hydrogen) atoms. The average molecular weight is 314 g/mol. The molecular weight excluding hydrogens is 284 g/mol. The van der Waals surface area contributed by atoms with Gasteiger partial charge in [-0.3, -0.25) is 4.90 Å². The average Bonchev–Trinajstić information content (AvgIpc) is 3.37. The van der Waals surface area contributed by atoms with Crippen LogP contribution in [0.4, 0.5) is 0 Å². The van der Waals surface area contributed by atoms with Crippen LogP contribution in [0.1, 0.15) is 43.7 Å². The van der Waals surface area contributed by atoms with Gasteiger partial charge in [0.25, 0.3) is 0 Å². The molecule has 2 aliphatic heterocycles. The summed E-state index contributed by atoms with van der Waals surface area (Å²) < 4.78 is 0. The molecule has 0 bridgehead atoms. The van der Waals surface area contributed by atoms with Crippen molar-refractivity contribution in [3.8, 4) is 5.75 Å². The summed E-state index contributed by atoms with van der Waals surface area (Å²) in [6.45, 7) is 9.37. The molecular formula is C20H30N2O. The first-order valence-corrected chi connectivity index (χ1v) is 9.35. The van der Waals surface area contributed by atoms with E-state index in [2.05, 4.69) is 36.2 Å². The molecule has 3 fully saturated rings. The Morgan fingerprint density at radius 2 is 2.13 bits per heavy atom. The maximum absolute atomic E-state index is 10.1. The minimum absolute atomic E-state index is 0.244. The van der Waals surface area contributed by atoms with E-state index >= 15 is 0 Å². The zero-order valence-electron chi connectivity index (χ0n) is 14.5. The second kappa shape index (κ2) is 5.78. The van der Waals surface area contributed by atoms with Crippen molar-refractivity contribution in [3.63, 3.8) is 0 Å². The van der Waals surface area contributed by atoms with Crippen LogP contribution in [0.15, 0.2) is 18.2 Å². The van der Waals surface area contributed by atoms with E-state index in [4.69, 9.17) is 0 Å².